The molecular weight excluding hydrogens is 404 g/mol. The van der Waals surface area contributed by atoms with Gasteiger partial charge >= 0.3 is 0 Å². The van der Waals surface area contributed by atoms with Crippen molar-refractivity contribution in [2.75, 3.05) is 31.2 Å². The Kier molecular flexibility index (Phi) is 6.21. The zero-order valence-corrected chi connectivity index (χ0v) is 16.9. The Bertz CT molecular complexity index is 1020. The van der Waals surface area contributed by atoms with Gasteiger partial charge in [-0.1, -0.05) is 30.3 Å². The van der Waals surface area contributed by atoms with Gasteiger partial charge in [0.2, 0.25) is 0 Å². The number of aromatic nitrogens is 1. The number of anilines is 1. The molecule has 0 spiro atoms. The first-order valence-electron chi connectivity index (χ1n) is 9.41. The minimum Gasteiger partial charge on any atom is -0.457 e. The van der Waals surface area contributed by atoms with Crippen LogP contribution in [0.5, 0.6) is 11.5 Å². The largest absolute Gasteiger partial charge is 0.457 e. The summed E-state index contributed by atoms with van der Waals surface area (Å²) in [5.41, 5.74) is 5.38. The Balaban J connectivity index is 1.38. The number of carbonyl (C=O) groups is 2. The van der Waals surface area contributed by atoms with Crippen molar-refractivity contribution in [1.82, 2.24) is 15.8 Å². The van der Waals surface area contributed by atoms with E-state index >= 15 is 0 Å². The zero-order chi connectivity index (χ0) is 20.8. The summed E-state index contributed by atoms with van der Waals surface area (Å²) < 4.78 is 11.1. The molecule has 2 aromatic carbocycles. The molecule has 1 aromatic heterocycles. The van der Waals surface area contributed by atoms with E-state index in [4.69, 9.17) is 9.47 Å². The van der Waals surface area contributed by atoms with E-state index in [9.17, 15) is 9.59 Å². The second-order valence-electron chi connectivity index (χ2n) is 6.43. The molecule has 8 nitrogen and oxygen atoms in total. The van der Waals surface area contributed by atoms with E-state index in [0.29, 0.717) is 30.3 Å². The SMILES string of the molecule is O=C(NNC(=O)c1ccccc1Oc1ccccc1)c1csc(N2CCOCC2)n1. The Hall–Kier alpha value is -3.43. The number of rotatable bonds is 5. The maximum absolute atomic E-state index is 12.6. The van der Waals surface area contributed by atoms with Gasteiger partial charge in [0, 0.05) is 18.5 Å². The van der Waals surface area contributed by atoms with Crippen LogP contribution in [0.1, 0.15) is 20.8 Å². The van der Waals surface area contributed by atoms with Crippen molar-refractivity contribution in [3.8, 4) is 11.5 Å². The molecule has 3 aromatic rings. The molecule has 0 aliphatic carbocycles. The van der Waals surface area contributed by atoms with Gasteiger partial charge in [-0.25, -0.2) is 4.98 Å². The van der Waals surface area contributed by atoms with Crippen molar-refractivity contribution in [1.29, 1.82) is 0 Å². The van der Waals surface area contributed by atoms with Gasteiger partial charge in [-0.3, -0.25) is 20.4 Å². The van der Waals surface area contributed by atoms with Crippen LogP contribution in [0.25, 0.3) is 0 Å². The van der Waals surface area contributed by atoms with Gasteiger partial charge in [-0.2, -0.15) is 0 Å². The first-order chi connectivity index (χ1) is 14.7. The molecule has 0 unspecified atom stereocenters. The smallest absolute Gasteiger partial charge is 0.289 e. The molecular formula is C21H20N4O4S. The molecule has 0 atom stereocenters. The summed E-state index contributed by atoms with van der Waals surface area (Å²) in [7, 11) is 0. The third-order valence-electron chi connectivity index (χ3n) is 4.40. The highest BCUT2D eigenvalue weighted by atomic mass is 32.1. The predicted octanol–water partition coefficient (Wildman–Crippen LogP) is 2.85. The quantitative estimate of drug-likeness (QED) is 0.612. The summed E-state index contributed by atoms with van der Waals surface area (Å²) in [4.78, 5) is 31.4. The second-order valence-corrected chi connectivity index (χ2v) is 7.27. The molecule has 1 aliphatic rings. The highest BCUT2D eigenvalue weighted by Gasteiger charge is 2.19. The zero-order valence-electron chi connectivity index (χ0n) is 16.0. The summed E-state index contributed by atoms with van der Waals surface area (Å²) in [5, 5.41) is 2.43. The molecule has 1 aliphatic heterocycles. The van der Waals surface area contributed by atoms with Crippen LogP contribution in [0.3, 0.4) is 0 Å². The fourth-order valence-corrected chi connectivity index (χ4v) is 3.73. The first kappa shape index (κ1) is 19.9. The van der Waals surface area contributed by atoms with Crippen LogP contribution in [0.4, 0.5) is 5.13 Å². The number of nitrogens with zero attached hydrogens (tertiary/aromatic N) is 2. The van der Waals surface area contributed by atoms with Crippen molar-refractivity contribution in [3.05, 3.63) is 71.2 Å². The number of ether oxygens (including phenoxy) is 2. The predicted molar refractivity (Wildman–Crippen MR) is 113 cm³/mol. The molecule has 0 saturated carbocycles. The lowest BCUT2D eigenvalue weighted by Gasteiger charge is -2.25. The molecule has 2 amide bonds. The van der Waals surface area contributed by atoms with Gasteiger partial charge < -0.3 is 14.4 Å². The van der Waals surface area contributed by atoms with E-state index in [1.54, 1.807) is 41.8 Å². The highest BCUT2D eigenvalue weighted by molar-refractivity contribution is 7.13. The maximum atomic E-state index is 12.6. The summed E-state index contributed by atoms with van der Waals surface area (Å²) >= 11 is 1.38. The van der Waals surface area contributed by atoms with Crippen LogP contribution >= 0.6 is 11.3 Å². The summed E-state index contributed by atoms with van der Waals surface area (Å²) in [5.74, 6) is 0.0256. The fraction of sp³-hybridized carbons (Fsp3) is 0.190. The summed E-state index contributed by atoms with van der Waals surface area (Å²) in [6.45, 7) is 2.76. The normalized spacial score (nSPS) is 13.5. The van der Waals surface area contributed by atoms with E-state index < -0.39 is 11.8 Å². The molecule has 9 heteroatoms. The van der Waals surface area contributed by atoms with Crippen LogP contribution in [-0.4, -0.2) is 43.1 Å². The average molecular weight is 424 g/mol. The number of hydrogen-bond acceptors (Lipinski definition) is 7. The van der Waals surface area contributed by atoms with Crippen molar-refractivity contribution < 1.29 is 19.1 Å². The Labute approximate surface area is 177 Å². The van der Waals surface area contributed by atoms with E-state index in [2.05, 4.69) is 20.7 Å². The topological polar surface area (TPSA) is 92.8 Å². The lowest BCUT2D eigenvalue weighted by Crippen LogP contribution is -2.42. The summed E-state index contributed by atoms with van der Waals surface area (Å²) in [6, 6.07) is 16.0. The van der Waals surface area contributed by atoms with Crippen molar-refractivity contribution in [3.63, 3.8) is 0 Å². The molecule has 0 bridgehead atoms. The van der Waals surface area contributed by atoms with Crippen LogP contribution in [0.2, 0.25) is 0 Å². The van der Waals surface area contributed by atoms with Gasteiger partial charge in [0.05, 0.1) is 18.8 Å². The molecule has 2 N–H and O–H groups in total. The van der Waals surface area contributed by atoms with E-state index in [-0.39, 0.29) is 5.69 Å². The average Bonchev–Trinajstić information content (AvgIpc) is 3.29. The van der Waals surface area contributed by atoms with Crippen molar-refractivity contribution in [2.24, 2.45) is 0 Å². The number of hydrazine groups is 1. The Morgan fingerprint density at radius 2 is 1.67 bits per heavy atom. The van der Waals surface area contributed by atoms with Gasteiger partial charge in [0.1, 0.15) is 17.2 Å². The molecule has 4 rings (SSSR count). The van der Waals surface area contributed by atoms with Crippen molar-refractivity contribution in [2.45, 2.75) is 0 Å². The van der Waals surface area contributed by atoms with Gasteiger partial charge in [-0.05, 0) is 24.3 Å². The number of thiazole rings is 1. The third-order valence-corrected chi connectivity index (χ3v) is 5.30. The number of nitrogens with one attached hydrogen (secondary N) is 2. The number of carbonyl (C=O) groups excluding carboxylic acids is 2. The van der Waals surface area contributed by atoms with Crippen LogP contribution in [0.15, 0.2) is 60.0 Å². The fourth-order valence-electron chi connectivity index (χ4n) is 2.87. The maximum Gasteiger partial charge on any atom is 0.289 e. The van der Waals surface area contributed by atoms with Crippen molar-refractivity contribution >= 4 is 28.3 Å². The van der Waals surface area contributed by atoms with E-state index in [1.165, 1.54) is 11.3 Å². The van der Waals surface area contributed by atoms with Crippen LogP contribution < -0.4 is 20.5 Å². The first-order valence-corrected chi connectivity index (χ1v) is 10.3. The molecule has 1 saturated heterocycles. The standard InChI is InChI=1S/C21H20N4O4S/c26-19(16-8-4-5-9-18(16)29-15-6-2-1-3-7-15)23-24-20(27)17-14-30-21(22-17)25-10-12-28-13-11-25/h1-9,14H,10-13H2,(H,23,26)(H,24,27). The number of para-hydroxylation sites is 2. The monoisotopic (exact) mass is 424 g/mol. The summed E-state index contributed by atoms with van der Waals surface area (Å²) in [6.07, 6.45) is 0. The molecule has 30 heavy (non-hydrogen) atoms. The Morgan fingerprint density at radius 3 is 2.47 bits per heavy atom. The number of benzene rings is 2. The van der Waals surface area contributed by atoms with E-state index in [0.717, 1.165) is 18.2 Å². The Morgan fingerprint density at radius 1 is 0.967 bits per heavy atom. The van der Waals surface area contributed by atoms with Crippen LogP contribution in [-0.2, 0) is 4.74 Å². The number of morpholine rings is 1. The molecule has 0 radical (unpaired) electrons. The molecule has 2 heterocycles. The van der Waals surface area contributed by atoms with Gasteiger partial charge in [0.25, 0.3) is 11.8 Å². The van der Waals surface area contributed by atoms with Gasteiger partial charge in [0.15, 0.2) is 5.13 Å². The second kappa shape index (κ2) is 9.38. The van der Waals surface area contributed by atoms with E-state index in [1.807, 2.05) is 18.2 Å². The molecule has 154 valence electrons. The number of hydrogen-bond donors (Lipinski definition) is 2. The number of amides is 2. The highest BCUT2D eigenvalue weighted by Crippen LogP contribution is 2.25. The minimum absolute atomic E-state index is 0.246. The minimum atomic E-state index is -0.487. The van der Waals surface area contributed by atoms with Crippen LogP contribution in [0, 0.1) is 0 Å². The lowest BCUT2D eigenvalue weighted by molar-refractivity contribution is 0.0843. The molecule has 1 fully saturated rings. The third kappa shape index (κ3) is 4.76. The van der Waals surface area contributed by atoms with Gasteiger partial charge in [-0.15, -0.1) is 11.3 Å². The lowest BCUT2D eigenvalue weighted by atomic mass is 10.2.